The molecule has 6 nitrogen and oxygen atoms in total. The summed E-state index contributed by atoms with van der Waals surface area (Å²) in [5, 5.41) is 11.8. The summed E-state index contributed by atoms with van der Waals surface area (Å²) < 4.78 is 2.07. The highest BCUT2D eigenvalue weighted by Crippen LogP contribution is 2.34. The van der Waals surface area contributed by atoms with Crippen LogP contribution in [-0.4, -0.2) is 20.1 Å². The second kappa shape index (κ2) is 7.84. The molecule has 0 aliphatic heterocycles. The molecule has 28 heavy (non-hydrogen) atoms. The summed E-state index contributed by atoms with van der Waals surface area (Å²) in [5.74, 6) is 0.625. The first-order valence-electron chi connectivity index (χ1n) is 8.79. The Morgan fingerprint density at radius 1 is 1.04 bits per heavy atom. The van der Waals surface area contributed by atoms with E-state index >= 15 is 0 Å². The molecule has 0 fully saturated rings. The highest BCUT2D eigenvalue weighted by Gasteiger charge is 2.16. The van der Waals surface area contributed by atoms with Crippen LogP contribution in [0.15, 0.2) is 84.0 Å². The highest BCUT2D eigenvalue weighted by atomic mass is 32.2. The molecule has 1 unspecified atom stereocenters. The summed E-state index contributed by atoms with van der Waals surface area (Å²) in [6, 6.07) is 22.2. The first kappa shape index (κ1) is 18.2. The Balaban J connectivity index is 1.61. The Morgan fingerprint density at radius 2 is 1.75 bits per heavy atom. The van der Waals surface area contributed by atoms with Crippen molar-refractivity contribution in [2.45, 2.75) is 11.1 Å². The van der Waals surface area contributed by atoms with Crippen molar-refractivity contribution in [1.29, 1.82) is 0 Å². The average molecular weight is 390 g/mol. The van der Waals surface area contributed by atoms with Gasteiger partial charge in [0.1, 0.15) is 16.4 Å². The van der Waals surface area contributed by atoms with E-state index in [0.717, 1.165) is 27.5 Å². The third kappa shape index (κ3) is 3.62. The first-order valence-corrected chi connectivity index (χ1v) is 9.77. The maximum atomic E-state index is 10.8. The van der Waals surface area contributed by atoms with Crippen LogP contribution in [0.25, 0.3) is 16.9 Å². The maximum absolute atomic E-state index is 10.8. The molecule has 2 N–H and O–H groups in total. The van der Waals surface area contributed by atoms with E-state index in [4.69, 9.17) is 10.7 Å². The van der Waals surface area contributed by atoms with Crippen molar-refractivity contribution in [2.75, 3.05) is 5.75 Å². The number of benzene rings is 2. The predicted octanol–water partition coefficient (Wildman–Crippen LogP) is 4.70. The van der Waals surface area contributed by atoms with Crippen LogP contribution >= 0.6 is 11.8 Å². The summed E-state index contributed by atoms with van der Waals surface area (Å²) >= 11 is 1.63. The van der Waals surface area contributed by atoms with Crippen LogP contribution in [0.4, 0.5) is 5.69 Å². The summed E-state index contributed by atoms with van der Waals surface area (Å²) in [7, 11) is 0. The average Bonchev–Trinajstić information content (AvgIpc) is 3.11. The molecule has 0 amide bonds. The second-order valence-corrected chi connectivity index (χ2v) is 7.34. The van der Waals surface area contributed by atoms with Crippen molar-refractivity contribution in [3.8, 4) is 11.3 Å². The molecule has 0 aliphatic rings. The van der Waals surface area contributed by atoms with Gasteiger partial charge in [-0.3, -0.25) is 14.5 Å². The van der Waals surface area contributed by atoms with E-state index in [-0.39, 0.29) is 11.7 Å². The van der Waals surface area contributed by atoms with Gasteiger partial charge in [-0.1, -0.05) is 48.5 Å². The van der Waals surface area contributed by atoms with Crippen molar-refractivity contribution in [2.24, 2.45) is 5.73 Å². The molecule has 0 bridgehead atoms. The van der Waals surface area contributed by atoms with Crippen LogP contribution < -0.4 is 5.73 Å². The minimum absolute atomic E-state index is 0.0664. The number of nitrogens with two attached hydrogens (primary N) is 1. The fourth-order valence-electron chi connectivity index (χ4n) is 3.00. The van der Waals surface area contributed by atoms with E-state index in [1.807, 2.05) is 54.7 Å². The first-order chi connectivity index (χ1) is 13.6. The number of hydrogen-bond donors (Lipinski definition) is 1. The number of aromatic nitrogens is 2. The Bertz CT molecular complexity index is 1110. The monoisotopic (exact) mass is 390 g/mol. The topological polar surface area (TPSA) is 86.5 Å². The number of rotatable bonds is 6. The van der Waals surface area contributed by atoms with Crippen molar-refractivity contribution in [1.82, 2.24) is 9.38 Å². The van der Waals surface area contributed by atoms with Crippen molar-refractivity contribution in [3.63, 3.8) is 0 Å². The zero-order valence-corrected chi connectivity index (χ0v) is 15.8. The number of nitro benzene ring substituents is 1. The van der Waals surface area contributed by atoms with Crippen LogP contribution in [0.5, 0.6) is 0 Å². The Kier molecular flexibility index (Phi) is 5.10. The minimum Gasteiger partial charge on any atom is -0.323 e. The van der Waals surface area contributed by atoms with E-state index in [2.05, 4.69) is 4.40 Å². The second-order valence-electron chi connectivity index (χ2n) is 6.33. The van der Waals surface area contributed by atoms with Gasteiger partial charge >= 0.3 is 0 Å². The lowest BCUT2D eigenvalue weighted by molar-refractivity contribution is -0.384. The standard InChI is InChI=1S/C21H18N4O2S/c22-18(15-9-11-17(12-10-15)25(26)27)14-28-21-20(16-6-2-1-3-7-16)23-19-8-4-5-13-24(19)21/h1-13,18H,14,22H2. The molecule has 0 spiro atoms. The molecule has 0 saturated heterocycles. The van der Waals surface area contributed by atoms with E-state index < -0.39 is 4.92 Å². The van der Waals surface area contributed by atoms with E-state index in [1.54, 1.807) is 23.9 Å². The number of fused-ring (bicyclic) bond motifs is 1. The molecule has 7 heteroatoms. The Labute approximate surface area is 166 Å². The number of pyridine rings is 1. The lowest BCUT2D eigenvalue weighted by Crippen LogP contribution is -2.13. The minimum atomic E-state index is -0.408. The van der Waals surface area contributed by atoms with Gasteiger partial charge in [-0.05, 0) is 17.7 Å². The number of nitrogens with zero attached hydrogens (tertiary/aromatic N) is 3. The van der Waals surface area contributed by atoms with Crippen LogP contribution in [0.3, 0.4) is 0 Å². The molecule has 2 aromatic carbocycles. The molecular weight excluding hydrogens is 372 g/mol. The number of hydrogen-bond acceptors (Lipinski definition) is 5. The molecule has 2 heterocycles. The van der Waals surface area contributed by atoms with Crippen molar-refractivity contribution < 1.29 is 4.92 Å². The number of non-ortho nitro benzene ring substituents is 1. The summed E-state index contributed by atoms with van der Waals surface area (Å²) in [6.07, 6.45) is 1.99. The normalized spacial score (nSPS) is 12.2. The van der Waals surface area contributed by atoms with Crippen LogP contribution in [0, 0.1) is 10.1 Å². The molecule has 1 atom stereocenters. The van der Waals surface area contributed by atoms with Gasteiger partial charge in [0.2, 0.25) is 0 Å². The Morgan fingerprint density at radius 3 is 2.46 bits per heavy atom. The third-order valence-corrected chi connectivity index (χ3v) is 5.65. The Hall–Kier alpha value is -3.16. The van der Waals surface area contributed by atoms with Gasteiger partial charge in [0.15, 0.2) is 0 Å². The molecule has 4 aromatic rings. The fourth-order valence-corrected chi connectivity index (χ4v) is 4.13. The molecule has 0 radical (unpaired) electrons. The zero-order valence-electron chi connectivity index (χ0n) is 14.9. The summed E-state index contributed by atoms with van der Waals surface area (Å²) in [4.78, 5) is 15.2. The van der Waals surface area contributed by atoms with Gasteiger partial charge in [0.25, 0.3) is 5.69 Å². The number of imidazole rings is 1. The van der Waals surface area contributed by atoms with Crippen LogP contribution in [-0.2, 0) is 0 Å². The van der Waals surface area contributed by atoms with Gasteiger partial charge in [-0.2, -0.15) is 0 Å². The van der Waals surface area contributed by atoms with E-state index in [0.29, 0.717) is 5.75 Å². The quantitative estimate of drug-likeness (QED) is 0.293. The molecule has 2 aromatic heterocycles. The molecule has 0 saturated carbocycles. The molecule has 4 rings (SSSR count). The van der Waals surface area contributed by atoms with Crippen LogP contribution in [0.1, 0.15) is 11.6 Å². The van der Waals surface area contributed by atoms with Gasteiger partial charge < -0.3 is 5.73 Å². The molecule has 140 valence electrons. The molecular formula is C21H18N4O2S. The smallest absolute Gasteiger partial charge is 0.269 e. The molecule has 0 aliphatic carbocycles. The third-order valence-electron chi connectivity index (χ3n) is 4.46. The zero-order chi connectivity index (χ0) is 19.5. The van der Waals surface area contributed by atoms with Gasteiger partial charge in [0.05, 0.1) is 4.92 Å². The van der Waals surface area contributed by atoms with Gasteiger partial charge in [-0.15, -0.1) is 11.8 Å². The number of nitro groups is 1. The summed E-state index contributed by atoms with van der Waals surface area (Å²) in [5.41, 5.74) is 10.1. The van der Waals surface area contributed by atoms with Gasteiger partial charge in [-0.25, -0.2) is 4.98 Å². The highest BCUT2D eigenvalue weighted by molar-refractivity contribution is 7.99. The maximum Gasteiger partial charge on any atom is 0.269 e. The van der Waals surface area contributed by atoms with Gasteiger partial charge in [0, 0.05) is 35.7 Å². The SMILES string of the molecule is NC(CSc1c(-c2ccccc2)nc2ccccn12)c1ccc([N+](=O)[O-])cc1. The fraction of sp³-hybridized carbons (Fsp3) is 0.0952. The lowest BCUT2D eigenvalue weighted by Gasteiger charge is -2.12. The van der Waals surface area contributed by atoms with Crippen molar-refractivity contribution in [3.05, 3.63) is 94.7 Å². The van der Waals surface area contributed by atoms with Crippen molar-refractivity contribution >= 4 is 23.1 Å². The largest absolute Gasteiger partial charge is 0.323 e. The number of thioether (sulfide) groups is 1. The van der Waals surface area contributed by atoms with Crippen LogP contribution in [0.2, 0.25) is 0 Å². The predicted molar refractivity (Wildman–Crippen MR) is 111 cm³/mol. The lowest BCUT2D eigenvalue weighted by atomic mass is 10.1. The van der Waals surface area contributed by atoms with E-state index in [1.165, 1.54) is 12.1 Å². The van der Waals surface area contributed by atoms with E-state index in [9.17, 15) is 10.1 Å². The summed E-state index contributed by atoms with van der Waals surface area (Å²) in [6.45, 7) is 0.